The zero-order valence-corrected chi connectivity index (χ0v) is 13.0. The van der Waals surface area contributed by atoms with E-state index in [0.717, 1.165) is 12.1 Å². The van der Waals surface area contributed by atoms with Crippen LogP contribution in [0.4, 0.5) is 0 Å². The minimum Gasteiger partial charge on any atom is -0.387 e. The van der Waals surface area contributed by atoms with Gasteiger partial charge in [0.05, 0.1) is 11.8 Å². The highest BCUT2D eigenvalue weighted by atomic mass is 16.3. The van der Waals surface area contributed by atoms with Gasteiger partial charge in [0, 0.05) is 35.1 Å². The van der Waals surface area contributed by atoms with Gasteiger partial charge >= 0.3 is 0 Å². The smallest absolute Gasteiger partial charge is 0.0943 e. The van der Waals surface area contributed by atoms with Crippen molar-refractivity contribution in [2.75, 3.05) is 20.6 Å². The van der Waals surface area contributed by atoms with E-state index in [9.17, 15) is 5.11 Å². The molecule has 1 unspecified atom stereocenters. The summed E-state index contributed by atoms with van der Waals surface area (Å²) in [6, 6.07) is 16.9. The number of benzene rings is 2. The number of aromatic nitrogens is 1. The average molecular weight is 292 g/mol. The van der Waals surface area contributed by atoms with E-state index in [1.807, 2.05) is 19.0 Å². The van der Waals surface area contributed by atoms with Gasteiger partial charge in [0.15, 0.2) is 0 Å². The summed E-state index contributed by atoms with van der Waals surface area (Å²) in [4.78, 5) is 2.03. The number of hydrogen-bond donors (Lipinski definition) is 1. The number of aliphatic hydroxyl groups excluding tert-OH is 1. The summed E-state index contributed by atoms with van der Waals surface area (Å²) < 4.78 is 2.34. The van der Waals surface area contributed by atoms with Crippen molar-refractivity contribution in [1.29, 1.82) is 0 Å². The molecule has 1 aliphatic heterocycles. The van der Waals surface area contributed by atoms with E-state index in [-0.39, 0.29) is 0 Å². The average Bonchev–Trinajstić information content (AvgIpc) is 3.01. The molecule has 0 bridgehead atoms. The Morgan fingerprint density at radius 3 is 2.64 bits per heavy atom. The van der Waals surface area contributed by atoms with Gasteiger partial charge in [-0.25, -0.2) is 0 Å². The Morgan fingerprint density at radius 2 is 1.82 bits per heavy atom. The number of nitrogens with zero attached hydrogens (tertiary/aromatic N) is 2. The lowest BCUT2D eigenvalue weighted by molar-refractivity contribution is 0.140. The summed E-state index contributed by atoms with van der Waals surface area (Å²) in [5.74, 6) is 0. The summed E-state index contributed by atoms with van der Waals surface area (Å²) in [6.45, 7) is 1.52. The summed E-state index contributed by atoms with van der Waals surface area (Å²) >= 11 is 0. The molecule has 3 heteroatoms. The zero-order chi connectivity index (χ0) is 15.3. The van der Waals surface area contributed by atoms with Gasteiger partial charge < -0.3 is 14.6 Å². The Labute approximate surface area is 130 Å². The quantitative estimate of drug-likeness (QED) is 0.628. The fourth-order valence-electron chi connectivity index (χ4n) is 3.62. The molecule has 22 heavy (non-hydrogen) atoms. The molecule has 2 heterocycles. The Kier molecular flexibility index (Phi) is 3.06. The lowest BCUT2D eigenvalue weighted by Crippen LogP contribution is -2.20. The number of fused-ring (bicyclic) bond motifs is 5. The SMILES string of the molecule is CN(C)CC(O)c1c2n(c3ccccc13)Cc1ccccc1-2. The third kappa shape index (κ3) is 1.90. The molecule has 0 fully saturated rings. The zero-order valence-electron chi connectivity index (χ0n) is 13.0. The van der Waals surface area contributed by atoms with Crippen molar-refractivity contribution in [2.24, 2.45) is 0 Å². The maximum atomic E-state index is 10.8. The topological polar surface area (TPSA) is 28.4 Å². The molecule has 2 aromatic carbocycles. The molecule has 4 rings (SSSR count). The van der Waals surface area contributed by atoms with E-state index < -0.39 is 6.10 Å². The molecule has 1 N–H and O–H groups in total. The van der Waals surface area contributed by atoms with Crippen molar-refractivity contribution >= 4 is 10.9 Å². The van der Waals surface area contributed by atoms with Crippen molar-refractivity contribution in [3.8, 4) is 11.3 Å². The second-order valence-electron chi connectivity index (χ2n) is 6.30. The fraction of sp³-hybridized carbons (Fsp3) is 0.263. The van der Waals surface area contributed by atoms with Crippen LogP contribution >= 0.6 is 0 Å². The minimum absolute atomic E-state index is 0.484. The minimum atomic E-state index is -0.484. The normalized spacial score (nSPS) is 14.4. The van der Waals surface area contributed by atoms with Gasteiger partial charge in [-0.3, -0.25) is 0 Å². The van der Waals surface area contributed by atoms with E-state index >= 15 is 0 Å². The molecule has 3 aromatic rings. The second kappa shape index (κ2) is 4.97. The molecule has 0 saturated carbocycles. The van der Waals surface area contributed by atoms with Gasteiger partial charge in [-0.1, -0.05) is 42.5 Å². The third-order valence-corrected chi connectivity index (χ3v) is 4.48. The highest BCUT2D eigenvalue weighted by Gasteiger charge is 2.28. The van der Waals surface area contributed by atoms with E-state index in [2.05, 4.69) is 53.1 Å². The summed E-state index contributed by atoms with van der Waals surface area (Å²) in [6.07, 6.45) is -0.484. The van der Waals surface area contributed by atoms with E-state index in [0.29, 0.717) is 6.54 Å². The van der Waals surface area contributed by atoms with Crippen molar-refractivity contribution in [3.63, 3.8) is 0 Å². The lowest BCUT2D eigenvalue weighted by atomic mass is 9.98. The molecular formula is C19H20N2O. The molecular weight excluding hydrogens is 272 g/mol. The number of aliphatic hydroxyl groups is 1. The Bertz CT molecular complexity index is 848. The number of hydrogen-bond acceptors (Lipinski definition) is 2. The van der Waals surface area contributed by atoms with Crippen LogP contribution in [-0.2, 0) is 6.54 Å². The first kappa shape index (κ1) is 13.6. The van der Waals surface area contributed by atoms with Crippen molar-refractivity contribution in [2.45, 2.75) is 12.6 Å². The molecule has 0 aliphatic carbocycles. The summed E-state index contributed by atoms with van der Waals surface area (Å²) in [5, 5.41) is 12.0. The number of para-hydroxylation sites is 1. The van der Waals surface area contributed by atoms with Crippen LogP contribution in [0, 0.1) is 0 Å². The van der Waals surface area contributed by atoms with Gasteiger partial charge in [0.25, 0.3) is 0 Å². The Balaban J connectivity index is 2.00. The van der Waals surface area contributed by atoms with Crippen LogP contribution in [0.5, 0.6) is 0 Å². The van der Waals surface area contributed by atoms with Gasteiger partial charge in [-0.15, -0.1) is 0 Å². The molecule has 1 aliphatic rings. The van der Waals surface area contributed by atoms with Crippen LogP contribution < -0.4 is 0 Å². The van der Waals surface area contributed by atoms with E-state index in [4.69, 9.17) is 0 Å². The van der Waals surface area contributed by atoms with Crippen molar-refractivity contribution in [1.82, 2.24) is 9.47 Å². The first-order valence-electron chi connectivity index (χ1n) is 7.69. The molecule has 0 saturated heterocycles. The summed E-state index contributed by atoms with van der Waals surface area (Å²) in [5.41, 5.74) is 6.05. The fourth-order valence-corrected chi connectivity index (χ4v) is 3.62. The molecule has 112 valence electrons. The number of rotatable bonds is 3. The van der Waals surface area contributed by atoms with Gasteiger partial charge in [-0.2, -0.15) is 0 Å². The molecule has 0 spiro atoms. The van der Waals surface area contributed by atoms with Crippen LogP contribution in [-0.4, -0.2) is 35.2 Å². The van der Waals surface area contributed by atoms with Crippen LogP contribution in [0.2, 0.25) is 0 Å². The van der Waals surface area contributed by atoms with Crippen LogP contribution in [0.1, 0.15) is 17.2 Å². The van der Waals surface area contributed by atoms with Gasteiger partial charge in [0.2, 0.25) is 0 Å². The Hall–Kier alpha value is -2.10. The lowest BCUT2D eigenvalue weighted by Gasteiger charge is -2.17. The first-order valence-corrected chi connectivity index (χ1v) is 7.69. The highest BCUT2D eigenvalue weighted by molar-refractivity contribution is 5.94. The molecule has 0 amide bonds. The van der Waals surface area contributed by atoms with Crippen molar-refractivity contribution < 1.29 is 5.11 Å². The molecule has 3 nitrogen and oxygen atoms in total. The predicted octanol–water partition coefficient (Wildman–Crippen LogP) is 3.27. The second-order valence-corrected chi connectivity index (χ2v) is 6.30. The Morgan fingerprint density at radius 1 is 1.09 bits per heavy atom. The van der Waals surface area contributed by atoms with Crippen LogP contribution in [0.3, 0.4) is 0 Å². The standard InChI is InChI=1S/C19H20N2O/c1-20(2)12-17(22)18-15-9-5-6-10-16(15)21-11-13-7-3-4-8-14(13)19(18)21/h3-10,17,22H,11-12H2,1-2H3. The maximum absolute atomic E-state index is 10.8. The summed E-state index contributed by atoms with van der Waals surface area (Å²) in [7, 11) is 3.99. The highest BCUT2D eigenvalue weighted by Crippen LogP contribution is 2.43. The first-order chi connectivity index (χ1) is 10.7. The third-order valence-electron chi connectivity index (χ3n) is 4.48. The van der Waals surface area contributed by atoms with Crippen LogP contribution in [0.25, 0.3) is 22.2 Å². The monoisotopic (exact) mass is 292 g/mol. The molecule has 0 radical (unpaired) electrons. The van der Waals surface area contributed by atoms with Gasteiger partial charge in [0.1, 0.15) is 0 Å². The van der Waals surface area contributed by atoms with E-state index in [1.165, 1.54) is 27.7 Å². The molecule has 1 atom stereocenters. The largest absolute Gasteiger partial charge is 0.387 e. The van der Waals surface area contributed by atoms with Crippen molar-refractivity contribution in [3.05, 3.63) is 59.7 Å². The maximum Gasteiger partial charge on any atom is 0.0943 e. The molecule has 1 aromatic heterocycles. The van der Waals surface area contributed by atoms with Gasteiger partial charge in [-0.05, 0) is 25.7 Å². The van der Waals surface area contributed by atoms with Crippen LogP contribution in [0.15, 0.2) is 48.5 Å². The predicted molar refractivity (Wildman–Crippen MR) is 90.0 cm³/mol. The number of likely N-dealkylation sites (N-methyl/N-ethyl adjacent to an activating group) is 1. The van der Waals surface area contributed by atoms with E-state index in [1.54, 1.807) is 0 Å².